The highest BCUT2D eigenvalue weighted by Crippen LogP contribution is 2.48. The third-order valence-corrected chi connectivity index (χ3v) is 2.11. The molecule has 1 aromatic heterocycles. The van der Waals surface area contributed by atoms with Crippen LogP contribution in [0.5, 0.6) is 11.5 Å². The Hall–Kier alpha value is -0.820. The molecule has 1 aromatic rings. The first kappa shape index (κ1) is 5.93. The van der Waals surface area contributed by atoms with E-state index in [1.54, 1.807) is 18.5 Å². The average molecular weight is 155 g/mol. The molecule has 0 aliphatic carbocycles. The predicted octanol–water partition coefficient (Wildman–Crippen LogP) is 1.79. The minimum absolute atomic E-state index is 0.732. The maximum absolute atomic E-state index is 5.31. The Labute approximate surface area is 59.9 Å². The van der Waals surface area contributed by atoms with E-state index in [1.807, 2.05) is 6.66 Å². The van der Waals surface area contributed by atoms with Gasteiger partial charge in [0.2, 0.25) is 0 Å². The molecule has 10 heavy (non-hydrogen) atoms. The zero-order valence-corrected chi connectivity index (χ0v) is 6.34. The Morgan fingerprint density at radius 3 is 3.00 bits per heavy atom. The van der Waals surface area contributed by atoms with Crippen molar-refractivity contribution in [2.45, 2.75) is 0 Å². The number of hydrogen-bond acceptors (Lipinski definition) is 3. The normalized spacial score (nSPS) is 21.1. The maximum atomic E-state index is 5.31. The second-order valence-electron chi connectivity index (χ2n) is 1.94. The lowest BCUT2D eigenvalue weighted by atomic mass is 10.4. The van der Waals surface area contributed by atoms with Gasteiger partial charge in [-0.25, -0.2) is 0 Å². The summed E-state index contributed by atoms with van der Waals surface area (Å²) in [6.45, 7) is 1.91. The van der Waals surface area contributed by atoms with Crippen molar-refractivity contribution in [3.8, 4) is 11.5 Å². The van der Waals surface area contributed by atoms with Crippen molar-refractivity contribution in [1.82, 2.24) is 4.98 Å². The van der Waals surface area contributed by atoms with Crippen molar-refractivity contribution in [1.29, 1.82) is 0 Å². The Bertz CT molecular complexity index is 228. The van der Waals surface area contributed by atoms with E-state index in [4.69, 9.17) is 9.05 Å². The zero-order valence-electron chi connectivity index (χ0n) is 5.44. The van der Waals surface area contributed by atoms with E-state index in [1.165, 1.54) is 0 Å². The lowest BCUT2D eigenvalue weighted by Gasteiger charge is -1.96. The van der Waals surface area contributed by atoms with Crippen molar-refractivity contribution in [2.24, 2.45) is 0 Å². The summed E-state index contributed by atoms with van der Waals surface area (Å²) < 4.78 is 10.6. The van der Waals surface area contributed by atoms with Gasteiger partial charge in [-0.2, -0.15) is 0 Å². The average Bonchev–Trinajstić information content (AvgIpc) is 2.27. The second-order valence-corrected chi connectivity index (χ2v) is 3.19. The van der Waals surface area contributed by atoms with Crippen LogP contribution in [0, 0.1) is 0 Å². The van der Waals surface area contributed by atoms with Crippen LogP contribution in [0.25, 0.3) is 0 Å². The molecule has 1 aliphatic heterocycles. The number of nitrogens with zero attached hydrogens (tertiary/aromatic N) is 1. The van der Waals surface area contributed by atoms with Gasteiger partial charge in [0.25, 0.3) is 8.38 Å². The fourth-order valence-electron chi connectivity index (χ4n) is 0.807. The van der Waals surface area contributed by atoms with E-state index < -0.39 is 8.38 Å². The lowest BCUT2D eigenvalue weighted by Crippen LogP contribution is -1.78. The van der Waals surface area contributed by atoms with Gasteiger partial charge in [-0.1, -0.05) is 0 Å². The summed E-state index contributed by atoms with van der Waals surface area (Å²) in [7, 11) is -0.732. The van der Waals surface area contributed by atoms with Crippen LogP contribution >= 0.6 is 8.38 Å². The molecular weight excluding hydrogens is 149 g/mol. The van der Waals surface area contributed by atoms with Crippen LogP contribution in [-0.4, -0.2) is 11.6 Å². The van der Waals surface area contributed by atoms with Crippen LogP contribution in [0.1, 0.15) is 0 Å². The van der Waals surface area contributed by atoms with Gasteiger partial charge in [0.05, 0.1) is 6.20 Å². The Balaban J connectivity index is 2.42. The Kier molecular flexibility index (Phi) is 1.24. The molecule has 2 heterocycles. The monoisotopic (exact) mass is 155 g/mol. The van der Waals surface area contributed by atoms with E-state index >= 15 is 0 Å². The van der Waals surface area contributed by atoms with Crippen molar-refractivity contribution >= 4 is 8.38 Å². The minimum Gasteiger partial charge on any atom is -0.435 e. The molecule has 0 aromatic carbocycles. The highest BCUT2D eigenvalue weighted by atomic mass is 31.2. The molecule has 1 aliphatic rings. The molecule has 2 rings (SSSR count). The van der Waals surface area contributed by atoms with Gasteiger partial charge in [0.15, 0.2) is 11.5 Å². The number of pyridine rings is 1. The molecule has 4 heteroatoms. The summed E-state index contributed by atoms with van der Waals surface area (Å²) in [4.78, 5) is 3.90. The van der Waals surface area contributed by atoms with Gasteiger partial charge in [0.1, 0.15) is 0 Å². The topological polar surface area (TPSA) is 31.4 Å². The van der Waals surface area contributed by atoms with E-state index in [-0.39, 0.29) is 0 Å². The molecule has 1 atom stereocenters. The highest BCUT2D eigenvalue weighted by Gasteiger charge is 2.20. The van der Waals surface area contributed by atoms with Crippen LogP contribution in [0.4, 0.5) is 0 Å². The van der Waals surface area contributed by atoms with Gasteiger partial charge >= 0.3 is 0 Å². The first-order valence-corrected chi connectivity index (χ1v) is 4.52. The molecule has 0 amide bonds. The minimum atomic E-state index is -0.732. The van der Waals surface area contributed by atoms with Crippen molar-refractivity contribution in [2.75, 3.05) is 6.66 Å². The number of aromatic nitrogens is 1. The van der Waals surface area contributed by atoms with Gasteiger partial charge in [0, 0.05) is 18.9 Å². The van der Waals surface area contributed by atoms with E-state index in [0.717, 1.165) is 11.5 Å². The molecular formula is C6H6NO2P. The van der Waals surface area contributed by atoms with Crippen molar-refractivity contribution in [3.63, 3.8) is 0 Å². The number of hydrogen-bond donors (Lipinski definition) is 0. The standard InChI is InChI=1S/C6H6NO2P/c1-10-8-5-2-3-7-4-6(5)9-10/h2-4H,1H3. The Morgan fingerprint density at radius 2 is 2.20 bits per heavy atom. The summed E-state index contributed by atoms with van der Waals surface area (Å²) >= 11 is 0. The molecule has 0 N–H and O–H groups in total. The first-order chi connectivity index (χ1) is 4.86. The molecule has 0 bridgehead atoms. The molecule has 0 saturated carbocycles. The summed E-state index contributed by atoms with van der Waals surface area (Å²) in [5.74, 6) is 1.57. The van der Waals surface area contributed by atoms with Gasteiger partial charge in [-0.3, -0.25) is 4.98 Å². The second kappa shape index (κ2) is 2.10. The third-order valence-electron chi connectivity index (χ3n) is 1.20. The molecule has 0 fully saturated rings. The van der Waals surface area contributed by atoms with Crippen LogP contribution < -0.4 is 9.05 Å². The first-order valence-electron chi connectivity index (χ1n) is 2.90. The third kappa shape index (κ3) is 0.830. The lowest BCUT2D eigenvalue weighted by molar-refractivity contribution is 0.581. The summed E-state index contributed by atoms with van der Waals surface area (Å²) in [5, 5.41) is 0. The summed E-state index contributed by atoms with van der Waals surface area (Å²) in [5.41, 5.74) is 0. The molecule has 3 nitrogen and oxygen atoms in total. The van der Waals surface area contributed by atoms with Crippen LogP contribution in [0.2, 0.25) is 0 Å². The van der Waals surface area contributed by atoms with E-state index in [2.05, 4.69) is 4.98 Å². The fourth-order valence-corrected chi connectivity index (χ4v) is 1.69. The van der Waals surface area contributed by atoms with Gasteiger partial charge < -0.3 is 9.05 Å². The molecule has 52 valence electrons. The van der Waals surface area contributed by atoms with Crippen molar-refractivity contribution < 1.29 is 9.05 Å². The maximum Gasteiger partial charge on any atom is 0.287 e. The van der Waals surface area contributed by atoms with Gasteiger partial charge in [-0.15, -0.1) is 0 Å². The molecule has 0 saturated heterocycles. The Morgan fingerprint density at radius 1 is 1.40 bits per heavy atom. The summed E-state index contributed by atoms with van der Waals surface area (Å²) in [6, 6.07) is 1.81. The van der Waals surface area contributed by atoms with Crippen LogP contribution in [0.15, 0.2) is 18.5 Å². The smallest absolute Gasteiger partial charge is 0.287 e. The predicted molar refractivity (Wildman–Crippen MR) is 38.3 cm³/mol. The fraction of sp³-hybridized carbons (Fsp3) is 0.167. The van der Waals surface area contributed by atoms with E-state index in [0.29, 0.717) is 0 Å². The van der Waals surface area contributed by atoms with Gasteiger partial charge in [-0.05, 0) is 0 Å². The largest absolute Gasteiger partial charge is 0.435 e. The van der Waals surface area contributed by atoms with Crippen LogP contribution in [0.3, 0.4) is 0 Å². The quantitative estimate of drug-likeness (QED) is 0.535. The zero-order chi connectivity index (χ0) is 6.97. The van der Waals surface area contributed by atoms with Crippen LogP contribution in [-0.2, 0) is 0 Å². The highest BCUT2D eigenvalue weighted by molar-refractivity contribution is 7.47. The SMILES string of the molecule is CP1Oc2ccncc2O1. The molecule has 0 radical (unpaired) electrons. The number of rotatable bonds is 0. The molecule has 1 unspecified atom stereocenters. The summed E-state index contributed by atoms with van der Waals surface area (Å²) in [6.07, 6.45) is 3.36. The molecule has 0 spiro atoms. The van der Waals surface area contributed by atoms with Crippen molar-refractivity contribution in [3.05, 3.63) is 18.5 Å². The number of fused-ring (bicyclic) bond motifs is 1. The van der Waals surface area contributed by atoms with E-state index in [9.17, 15) is 0 Å².